The summed E-state index contributed by atoms with van der Waals surface area (Å²) in [4.78, 5) is 7.95. The van der Waals surface area contributed by atoms with Crippen molar-refractivity contribution in [3.63, 3.8) is 0 Å². The predicted molar refractivity (Wildman–Crippen MR) is 91.6 cm³/mol. The van der Waals surface area contributed by atoms with Crippen LogP contribution in [0.5, 0.6) is 0 Å². The van der Waals surface area contributed by atoms with Crippen molar-refractivity contribution in [3.05, 3.63) is 41.1 Å². The van der Waals surface area contributed by atoms with E-state index < -0.39 is 17.4 Å². The van der Waals surface area contributed by atoms with Gasteiger partial charge in [0.1, 0.15) is 0 Å². The highest BCUT2D eigenvalue weighted by atomic mass is 35.5. The lowest BCUT2D eigenvalue weighted by molar-refractivity contribution is -0.142. The number of halogens is 5. The Morgan fingerprint density at radius 3 is 2.63 bits per heavy atom. The normalized spacial score (nSPS) is 15.9. The van der Waals surface area contributed by atoms with E-state index in [1.165, 1.54) is 18.3 Å². The lowest BCUT2D eigenvalue weighted by Crippen LogP contribution is -2.44. The Bertz CT molecular complexity index is 967. The van der Waals surface area contributed by atoms with Crippen molar-refractivity contribution in [2.24, 2.45) is 5.73 Å². The van der Waals surface area contributed by atoms with Gasteiger partial charge in [-0.05, 0) is 31.4 Å². The van der Waals surface area contributed by atoms with Crippen LogP contribution in [0.3, 0.4) is 0 Å². The Balaban J connectivity index is 0.00000210. The third kappa shape index (κ3) is 3.28. The van der Waals surface area contributed by atoms with E-state index in [-0.39, 0.29) is 40.5 Å². The Hall–Kier alpha value is -2.17. The molecule has 144 valence electrons. The van der Waals surface area contributed by atoms with Crippen molar-refractivity contribution in [2.45, 2.75) is 31.0 Å². The SMILES string of the molecule is Cl.NC1(c2noc(-c3cnn(-c4ncccc4Cl)c3C(F)(F)F)n2)CCC1. The van der Waals surface area contributed by atoms with Crippen LogP contribution >= 0.6 is 24.0 Å². The molecule has 12 heteroatoms. The van der Waals surface area contributed by atoms with E-state index in [0.29, 0.717) is 17.5 Å². The average molecular weight is 421 g/mol. The summed E-state index contributed by atoms with van der Waals surface area (Å²) in [5.41, 5.74) is 3.89. The molecule has 7 nitrogen and oxygen atoms in total. The minimum atomic E-state index is -4.75. The molecule has 0 atom stereocenters. The number of nitrogens with two attached hydrogens (primary N) is 1. The third-order valence-electron chi connectivity index (χ3n) is 4.32. The van der Waals surface area contributed by atoms with Gasteiger partial charge in [-0.15, -0.1) is 12.4 Å². The number of hydrogen-bond donors (Lipinski definition) is 1. The number of pyridine rings is 1. The van der Waals surface area contributed by atoms with Gasteiger partial charge in [0.2, 0.25) is 0 Å². The molecule has 1 saturated carbocycles. The molecule has 1 fully saturated rings. The van der Waals surface area contributed by atoms with Crippen LogP contribution in [0.2, 0.25) is 5.02 Å². The summed E-state index contributed by atoms with van der Waals surface area (Å²) in [6, 6.07) is 2.93. The fraction of sp³-hybridized carbons (Fsp3) is 0.333. The smallest absolute Gasteiger partial charge is 0.334 e. The predicted octanol–water partition coefficient (Wildman–Crippen LogP) is 3.75. The van der Waals surface area contributed by atoms with E-state index in [4.69, 9.17) is 21.9 Å². The Morgan fingerprint density at radius 1 is 1.30 bits per heavy atom. The highest BCUT2D eigenvalue weighted by molar-refractivity contribution is 6.32. The molecule has 0 aliphatic heterocycles. The standard InChI is InChI=1S/C15H12ClF3N6O.ClH/c16-9-3-1-6-21-11(9)25-10(15(17,18)19)8(7-22-25)12-23-13(24-26-12)14(20)4-2-5-14;/h1,3,6-7H,2,4-5,20H2;1H. The number of nitrogens with zero attached hydrogens (tertiary/aromatic N) is 5. The second-order valence-corrected chi connectivity index (χ2v) is 6.47. The zero-order valence-corrected chi connectivity index (χ0v) is 15.1. The van der Waals surface area contributed by atoms with Gasteiger partial charge in [-0.1, -0.05) is 16.8 Å². The molecular weight excluding hydrogens is 408 g/mol. The van der Waals surface area contributed by atoms with Crippen LogP contribution in [0.25, 0.3) is 17.3 Å². The van der Waals surface area contributed by atoms with Gasteiger partial charge in [-0.3, -0.25) is 0 Å². The molecule has 3 heterocycles. The first-order valence-electron chi connectivity index (χ1n) is 7.69. The molecule has 0 bridgehead atoms. The highest BCUT2D eigenvalue weighted by Crippen LogP contribution is 2.41. The average Bonchev–Trinajstić information content (AvgIpc) is 3.19. The summed E-state index contributed by atoms with van der Waals surface area (Å²) >= 11 is 5.97. The van der Waals surface area contributed by atoms with Crippen LogP contribution in [0.1, 0.15) is 30.8 Å². The molecular formula is C15H13Cl2F3N6O. The van der Waals surface area contributed by atoms with Gasteiger partial charge < -0.3 is 10.3 Å². The molecule has 0 aromatic carbocycles. The van der Waals surface area contributed by atoms with Crippen molar-refractivity contribution < 1.29 is 17.7 Å². The minimum absolute atomic E-state index is 0. The zero-order valence-electron chi connectivity index (χ0n) is 13.6. The lowest BCUT2D eigenvalue weighted by Gasteiger charge is -2.34. The van der Waals surface area contributed by atoms with Crippen LogP contribution in [-0.2, 0) is 11.7 Å². The summed E-state index contributed by atoms with van der Waals surface area (Å²) in [7, 11) is 0. The molecule has 0 saturated heterocycles. The maximum Gasteiger partial charge on any atom is 0.434 e. The maximum absolute atomic E-state index is 13.7. The van der Waals surface area contributed by atoms with E-state index in [2.05, 4.69) is 20.2 Å². The van der Waals surface area contributed by atoms with E-state index in [1.54, 1.807) is 0 Å². The first-order valence-corrected chi connectivity index (χ1v) is 8.07. The third-order valence-corrected chi connectivity index (χ3v) is 4.62. The second kappa shape index (κ2) is 6.77. The molecule has 0 spiro atoms. The van der Waals surface area contributed by atoms with E-state index in [1.807, 2.05) is 0 Å². The quantitative estimate of drug-likeness (QED) is 0.692. The van der Waals surface area contributed by atoms with E-state index in [0.717, 1.165) is 12.6 Å². The molecule has 1 aliphatic rings. The largest absolute Gasteiger partial charge is 0.434 e. The first kappa shape index (κ1) is 19.6. The van der Waals surface area contributed by atoms with Crippen LogP contribution in [-0.4, -0.2) is 24.9 Å². The molecule has 3 aromatic rings. The van der Waals surface area contributed by atoms with Crippen molar-refractivity contribution in [3.8, 4) is 17.3 Å². The topological polar surface area (TPSA) is 95.7 Å². The number of hydrogen-bond acceptors (Lipinski definition) is 6. The van der Waals surface area contributed by atoms with Crippen LogP contribution in [0, 0.1) is 0 Å². The number of alkyl halides is 3. The molecule has 1 aliphatic carbocycles. The number of aromatic nitrogens is 5. The summed E-state index contributed by atoms with van der Waals surface area (Å²) in [5.74, 6) is -0.264. The highest BCUT2D eigenvalue weighted by Gasteiger charge is 2.43. The fourth-order valence-corrected chi connectivity index (χ4v) is 2.99. The fourth-order valence-electron chi connectivity index (χ4n) is 2.79. The van der Waals surface area contributed by atoms with E-state index >= 15 is 0 Å². The van der Waals surface area contributed by atoms with Gasteiger partial charge >= 0.3 is 6.18 Å². The minimum Gasteiger partial charge on any atom is -0.334 e. The van der Waals surface area contributed by atoms with Crippen LogP contribution < -0.4 is 5.73 Å². The number of rotatable bonds is 3. The molecule has 0 amide bonds. The van der Waals surface area contributed by atoms with E-state index in [9.17, 15) is 13.2 Å². The van der Waals surface area contributed by atoms with Gasteiger partial charge in [0.05, 0.1) is 22.3 Å². The summed E-state index contributed by atoms with van der Waals surface area (Å²) in [5, 5.41) is 7.56. The van der Waals surface area contributed by atoms with Crippen molar-refractivity contribution in [1.82, 2.24) is 24.9 Å². The monoisotopic (exact) mass is 420 g/mol. The Labute approximate surface area is 162 Å². The first-order chi connectivity index (χ1) is 12.3. The van der Waals surface area contributed by atoms with Gasteiger partial charge in [0, 0.05) is 6.20 Å². The molecule has 0 radical (unpaired) electrons. The summed E-state index contributed by atoms with van der Waals surface area (Å²) < 4.78 is 46.8. The molecule has 27 heavy (non-hydrogen) atoms. The zero-order chi connectivity index (χ0) is 18.5. The van der Waals surface area contributed by atoms with Gasteiger partial charge in [0.25, 0.3) is 5.89 Å². The summed E-state index contributed by atoms with van der Waals surface area (Å²) in [6.45, 7) is 0. The molecule has 4 rings (SSSR count). The van der Waals surface area contributed by atoms with Gasteiger partial charge in [-0.25, -0.2) is 9.67 Å². The van der Waals surface area contributed by atoms with Gasteiger partial charge in [0.15, 0.2) is 17.3 Å². The molecule has 2 N–H and O–H groups in total. The van der Waals surface area contributed by atoms with Crippen LogP contribution in [0.4, 0.5) is 13.2 Å². The lowest BCUT2D eigenvalue weighted by atomic mass is 9.77. The van der Waals surface area contributed by atoms with Crippen LogP contribution in [0.15, 0.2) is 29.0 Å². The summed E-state index contributed by atoms with van der Waals surface area (Å²) in [6.07, 6.45) is -0.221. The van der Waals surface area contributed by atoms with Gasteiger partial charge in [-0.2, -0.15) is 23.3 Å². The second-order valence-electron chi connectivity index (χ2n) is 6.06. The van der Waals surface area contributed by atoms with Crippen molar-refractivity contribution >= 4 is 24.0 Å². The molecule has 3 aromatic heterocycles. The Morgan fingerprint density at radius 2 is 2.04 bits per heavy atom. The maximum atomic E-state index is 13.7. The van der Waals surface area contributed by atoms with Crippen molar-refractivity contribution in [1.29, 1.82) is 0 Å². The van der Waals surface area contributed by atoms with Crippen molar-refractivity contribution in [2.75, 3.05) is 0 Å². The molecule has 0 unspecified atom stereocenters. The Kier molecular flexibility index (Phi) is 4.91.